The highest BCUT2D eigenvalue weighted by atomic mass is 16.5. The standard InChI is InChI=1S/C21H27N3O3/c1-16-5-6-18(22)14-20(16)21(25)23-15-17-3-2-4-19(13-17)27-12-9-24-7-10-26-11-8-24/h2-6,13-14H,7-12,15,22H2,1H3,(H,23,25). The van der Waals surface area contributed by atoms with Gasteiger partial charge in [-0.15, -0.1) is 0 Å². The number of hydrogen-bond donors (Lipinski definition) is 2. The minimum absolute atomic E-state index is 0.126. The summed E-state index contributed by atoms with van der Waals surface area (Å²) in [6.07, 6.45) is 0. The molecular weight excluding hydrogens is 342 g/mol. The molecule has 6 heteroatoms. The summed E-state index contributed by atoms with van der Waals surface area (Å²) < 4.78 is 11.2. The SMILES string of the molecule is Cc1ccc(N)cc1C(=O)NCc1cccc(OCCN2CCOCC2)c1. The maximum absolute atomic E-state index is 12.4. The maximum atomic E-state index is 12.4. The van der Waals surface area contributed by atoms with Crippen LogP contribution in [0, 0.1) is 6.92 Å². The van der Waals surface area contributed by atoms with E-state index in [-0.39, 0.29) is 5.91 Å². The van der Waals surface area contributed by atoms with Gasteiger partial charge in [-0.05, 0) is 42.3 Å². The number of hydrogen-bond acceptors (Lipinski definition) is 5. The molecule has 0 saturated carbocycles. The highest BCUT2D eigenvalue weighted by Crippen LogP contribution is 2.15. The monoisotopic (exact) mass is 369 g/mol. The van der Waals surface area contributed by atoms with Crippen LogP contribution in [0.4, 0.5) is 5.69 Å². The summed E-state index contributed by atoms with van der Waals surface area (Å²) in [5.74, 6) is 0.689. The van der Waals surface area contributed by atoms with Crippen molar-refractivity contribution in [1.29, 1.82) is 0 Å². The number of benzene rings is 2. The van der Waals surface area contributed by atoms with Gasteiger partial charge in [0.25, 0.3) is 5.91 Å². The number of nitrogens with two attached hydrogens (primary N) is 1. The van der Waals surface area contributed by atoms with Crippen molar-refractivity contribution in [3.05, 3.63) is 59.2 Å². The van der Waals surface area contributed by atoms with E-state index in [0.29, 0.717) is 24.4 Å². The van der Waals surface area contributed by atoms with Crippen molar-refractivity contribution in [3.8, 4) is 5.75 Å². The van der Waals surface area contributed by atoms with Crippen LogP contribution in [0.15, 0.2) is 42.5 Å². The number of aryl methyl sites for hydroxylation is 1. The van der Waals surface area contributed by atoms with Gasteiger partial charge in [-0.3, -0.25) is 9.69 Å². The van der Waals surface area contributed by atoms with E-state index in [1.807, 2.05) is 37.3 Å². The van der Waals surface area contributed by atoms with Crippen LogP contribution in [0.3, 0.4) is 0 Å². The number of nitrogens with zero attached hydrogens (tertiary/aromatic N) is 1. The summed E-state index contributed by atoms with van der Waals surface area (Å²) in [6, 6.07) is 13.2. The topological polar surface area (TPSA) is 76.8 Å². The number of amides is 1. The van der Waals surface area contributed by atoms with E-state index >= 15 is 0 Å². The molecule has 2 aromatic carbocycles. The fourth-order valence-corrected chi connectivity index (χ4v) is 3.02. The number of ether oxygens (including phenoxy) is 2. The molecule has 1 heterocycles. The normalized spacial score (nSPS) is 14.7. The third-order valence-corrected chi connectivity index (χ3v) is 4.64. The summed E-state index contributed by atoms with van der Waals surface area (Å²) in [7, 11) is 0. The zero-order chi connectivity index (χ0) is 19.1. The highest BCUT2D eigenvalue weighted by molar-refractivity contribution is 5.96. The van der Waals surface area contributed by atoms with E-state index in [0.717, 1.165) is 49.7 Å². The van der Waals surface area contributed by atoms with Crippen molar-refractivity contribution in [3.63, 3.8) is 0 Å². The summed E-state index contributed by atoms with van der Waals surface area (Å²) in [4.78, 5) is 14.7. The molecule has 1 saturated heterocycles. The fraction of sp³-hybridized carbons (Fsp3) is 0.381. The van der Waals surface area contributed by atoms with Crippen LogP contribution in [0.25, 0.3) is 0 Å². The van der Waals surface area contributed by atoms with Gasteiger partial charge < -0.3 is 20.5 Å². The first-order chi connectivity index (χ1) is 13.1. The van der Waals surface area contributed by atoms with E-state index in [1.54, 1.807) is 12.1 Å². The summed E-state index contributed by atoms with van der Waals surface area (Å²) >= 11 is 0. The minimum atomic E-state index is -0.126. The summed E-state index contributed by atoms with van der Waals surface area (Å²) in [5, 5.41) is 2.95. The van der Waals surface area contributed by atoms with Crippen LogP contribution in [-0.2, 0) is 11.3 Å². The predicted molar refractivity (Wildman–Crippen MR) is 106 cm³/mol. The minimum Gasteiger partial charge on any atom is -0.492 e. The van der Waals surface area contributed by atoms with Gasteiger partial charge in [0.15, 0.2) is 0 Å². The number of rotatable bonds is 7. The lowest BCUT2D eigenvalue weighted by Crippen LogP contribution is -2.38. The largest absolute Gasteiger partial charge is 0.492 e. The summed E-state index contributed by atoms with van der Waals surface area (Å²) in [6.45, 7) is 7.36. The Morgan fingerprint density at radius 1 is 1.22 bits per heavy atom. The molecule has 6 nitrogen and oxygen atoms in total. The van der Waals surface area contributed by atoms with Crippen molar-refractivity contribution in [2.75, 3.05) is 45.2 Å². The van der Waals surface area contributed by atoms with Gasteiger partial charge in [0.1, 0.15) is 12.4 Å². The van der Waals surface area contributed by atoms with Gasteiger partial charge in [-0.25, -0.2) is 0 Å². The molecule has 0 radical (unpaired) electrons. The third-order valence-electron chi connectivity index (χ3n) is 4.64. The van der Waals surface area contributed by atoms with E-state index in [9.17, 15) is 4.79 Å². The maximum Gasteiger partial charge on any atom is 0.251 e. The second kappa shape index (κ2) is 9.39. The molecule has 1 amide bonds. The first-order valence-electron chi connectivity index (χ1n) is 9.28. The Morgan fingerprint density at radius 2 is 2.04 bits per heavy atom. The lowest BCUT2D eigenvalue weighted by atomic mass is 10.1. The molecule has 1 aliphatic heterocycles. The van der Waals surface area contributed by atoms with Crippen molar-refractivity contribution in [1.82, 2.24) is 10.2 Å². The second-order valence-electron chi connectivity index (χ2n) is 6.71. The Labute approximate surface area is 160 Å². The molecule has 2 aromatic rings. The molecule has 1 aliphatic rings. The van der Waals surface area contributed by atoms with Gasteiger partial charge in [0.05, 0.1) is 13.2 Å². The molecule has 0 spiro atoms. The lowest BCUT2D eigenvalue weighted by Gasteiger charge is -2.26. The van der Waals surface area contributed by atoms with Crippen LogP contribution < -0.4 is 15.8 Å². The highest BCUT2D eigenvalue weighted by Gasteiger charge is 2.11. The molecule has 0 unspecified atom stereocenters. The number of carbonyl (C=O) groups excluding carboxylic acids is 1. The van der Waals surface area contributed by atoms with E-state index < -0.39 is 0 Å². The van der Waals surface area contributed by atoms with Crippen molar-refractivity contribution < 1.29 is 14.3 Å². The summed E-state index contributed by atoms with van der Waals surface area (Å²) in [5.41, 5.74) is 8.87. The van der Waals surface area contributed by atoms with Crippen LogP contribution in [0.1, 0.15) is 21.5 Å². The van der Waals surface area contributed by atoms with Gasteiger partial charge in [0, 0.05) is 37.4 Å². The molecule has 144 valence electrons. The van der Waals surface area contributed by atoms with E-state index in [1.165, 1.54) is 0 Å². The number of nitrogen functional groups attached to an aromatic ring is 1. The second-order valence-corrected chi connectivity index (χ2v) is 6.71. The Kier molecular flexibility index (Phi) is 6.68. The molecule has 0 aliphatic carbocycles. The Balaban J connectivity index is 1.49. The number of morpholine rings is 1. The Bertz CT molecular complexity index is 773. The number of carbonyl (C=O) groups is 1. The van der Waals surface area contributed by atoms with E-state index in [2.05, 4.69) is 10.2 Å². The Hall–Kier alpha value is -2.57. The van der Waals surface area contributed by atoms with Crippen LogP contribution in [0.5, 0.6) is 5.75 Å². The number of nitrogens with one attached hydrogen (secondary N) is 1. The molecule has 0 bridgehead atoms. The quantitative estimate of drug-likeness (QED) is 0.732. The molecule has 0 atom stereocenters. The molecular formula is C21H27N3O3. The molecule has 27 heavy (non-hydrogen) atoms. The van der Waals surface area contributed by atoms with E-state index in [4.69, 9.17) is 15.2 Å². The third kappa shape index (κ3) is 5.70. The smallest absolute Gasteiger partial charge is 0.251 e. The molecule has 3 rings (SSSR count). The van der Waals surface area contributed by atoms with Crippen molar-refractivity contribution >= 4 is 11.6 Å². The first-order valence-corrected chi connectivity index (χ1v) is 9.28. The van der Waals surface area contributed by atoms with Gasteiger partial charge in [0.2, 0.25) is 0 Å². The zero-order valence-corrected chi connectivity index (χ0v) is 15.7. The molecule has 0 aromatic heterocycles. The molecule has 1 fully saturated rings. The van der Waals surface area contributed by atoms with Gasteiger partial charge in [-0.2, -0.15) is 0 Å². The lowest BCUT2D eigenvalue weighted by molar-refractivity contribution is 0.0322. The predicted octanol–water partition coefficient (Wildman–Crippen LogP) is 2.22. The molecule has 3 N–H and O–H groups in total. The van der Waals surface area contributed by atoms with Crippen LogP contribution in [0.2, 0.25) is 0 Å². The zero-order valence-electron chi connectivity index (χ0n) is 15.7. The fourth-order valence-electron chi connectivity index (χ4n) is 3.02. The van der Waals surface area contributed by atoms with Gasteiger partial charge in [-0.1, -0.05) is 18.2 Å². The van der Waals surface area contributed by atoms with Crippen molar-refractivity contribution in [2.45, 2.75) is 13.5 Å². The average Bonchev–Trinajstić information content (AvgIpc) is 2.69. The average molecular weight is 369 g/mol. The van der Waals surface area contributed by atoms with Gasteiger partial charge >= 0.3 is 0 Å². The first kappa shape index (κ1) is 19.2. The van der Waals surface area contributed by atoms with Crippen molar-refractivity contribution in [2.24, 2.45) is 0 Å². The van der Waals surface area contributed by atoms with Crippen LogP contribution >= 0.6 is 0 Å². The Morgan fingerprint density at radius 3 is 2.85 bits per heavy atom. The van der Waals surface area contributed by atoms with Crippen LogP contribution in [-0.4, -0.2) is 50.3 Å². The number of anilines is 1.